The van der Waals surface area contributed by atoms with Gasteiger partial charge in [0.1, 0.15) is 17.9 Å². The predicted octanol–water partition coefficient (Wildman–Crippen LogP) is 4.47. The van der Waals surface area contributed by atoms with Crippen molar-refractivity contribution in [3.05, 3.63) is 102 Å². The molecule has 32 heavy (non-hydrogen) atoms. The number of nitrogens with zero attached hydrogens (tertiary/aromatic N) is 1. The second-order valence-corrected chi connectivity index (χ2v) is 7.24. The lowest BCUT2D eigenvalue weighted by Crippen LogP contribution is -2.42. The Labute approximate surface area is 183 Å². The standard InChI is InChI=1S/C25H19N3O4/c29-24-23(28-25(30)31-15-16-9-3-1-4-10-16)26-20(17-11-5-2-6-12-17)22-21(27-24)18-13-7-8-14-19(18)32-22/h1-14,23H,15H2,(H,27,29)(H,28,30). The Morgan fingerprint density at radius 1 is 0.969 bits per heavy atom. The van der Waals surface area contributed by atoms with Crippen LogP contribution in [0.2, 0.25) is 0 Å². The lowest BCUT2D eigenvalue weighted by molar-refractivity contribution is -0.117. The normalized spacial score (nSPS) is 15.3. The summed E-state index contributed by atoms with van der Waals surface area (Å²) in [5.74, 6) is -0.0481. The molecule has 158 valence electrons. The molecule has 4 aromatic rings. The summed E-state index contributed by atoms with van der Waals surface area (Å²) in [6.07, 6.45) is -1.93. The van der Waals surface area contributed by atoms with Crippen molar-refractivity contribution in [2.24, 2.45) is 4.99 Å². The Balaban J connectivity index is 1.47. The minimum Gasteiger partial charge on any atom is -0.452 e. The summed E-state index contributed by atoms with van der Waals surface area (Å²) in [6, 6.07) is 26.1. The summed E-state index contributed by atoms with van der Waals surface area (Å²) in [5, 5.41) is 6.16. The molecule has 7 nitrogen and oxygen atoms in total. The third kappa shape index (κ3) is 3.83. The zero-order valence-corrected chi connectivity index (χ0v) is 16.9. The summed E-state index contributed by atoms with van der Waals surface area (Å²) in [4.78, 5) is 29.9. The second kappa shape index (κ2) is 8.39. The van der Waals surface area contributed by atoms with E-state index in [0.717, 1.165) is 16.5 Å². The molecular weight excluding hydrogens is 406 g/mol. The molecule has 1 aromatic heterocycles. The molecule has 2 amide bonds. The monoisotopic (exact) mass is 425 g/mol. The van der Waals surface area contributed by atoms with E-state index in [4.69, 9.17) is 9.15 Å². The third-order valence-corrected chi connectivity index (χ3v) is 5.08. The molecule has 1 aliphatic rings. The highest BCUT2D eigenvalue weighted by Gasteiger charge is 2.31. The van der Waals surface area contributed by atoms with Gasteiger partial charge in [-0.05, 0) is 17.7 Å². The highest BCUT2D eigenvalue weighted by molar-refractivity contribution is 6.22. The average molecular weight is 425 g/mol. The van der Waals surface area contributed by atoms with Crippen molar-refractivity contribution in [1.82, 2.24) is 5.32 Å². The number of ether oxygens (including phenoxy) is 1. The Morgan fingerprint density at radius 2 is 1.66 bits per heavy atom. The van der Waals surface area contributed by atoms with Crippen LogP contribution < -0.4 is 10.6 Å². The SMILES string of the molecule is O=C(NC1N=C(c2ccccc2)c2oc3ccccc3c2NC1=O)OCc1ccccc1. The van der Waals surface area contributed by atoms with Gasteiger partial charge in [0.05, 0.1) is 5.69 Å². The first kappa shape index (κ1) is 19.6. The van der Waals surface area contributed by atoms with Crippen molar-refractivity contribution in [1.29, 1.82) is 0 Å². The largest absolute Gasteiger partial charge is 0.452 e. The van der Waals surface area contributed by atoms with Gasteiger partial charge in [0.15, 0.2) is 5.76 Å². The lowest BCUT2D eigenvalue weighted by Gasteiger charge is -2.13. The van der Waals surface area contributed by atoms with E-state index in [0.29, 0.717) is 22.7 Å². The molecule has 0 bridgehead atoms. The van der Waals surface area contributed by atoms with Crippen molar-refractivity contribution < 1.29 is 18.7 Å². The number of aliphatic imine (C=N–C) groups is 1. The van der Waals surface area contributed by atoms with Crippen LogP contribution in [0.4, 0.5) is 10.5 Å². The average Bonchev–Trinajstić information content (AvgIpc) is 3.13. The van der Waals surface area contributed by atoms with Crippen molar-refractivity contribution in [2.75, 3.05) is 5.32 Å². The number of carbonyl (C=O) groups excluding carboxylic acids is 2. The number of fused-ring (bicyclic) bond motifs is 3. The van der Waals surface area contributed by atoms with Crippen LogP contribution >= 0.6 is 0 Å². The van der Waals surface area contributed by atoms with Gasteiger partial charge >= 0.3 is 6.09 Å². The van der Waals surface area contributed by atoms with Crippen molar-refractivity contribution in [3.8, 4) is 0 Å². The zero-order chi connectivity index (χ0) is 21.9. The van der Waals surface area contributed by atoms with E-state index in [9.17, 15) is 9.59 Å². The van der Waals surface area contributed by atoms with E-state index in [-0.39, 0.29) is 6.61 Å². The Morgan fingerprint density at radius 3 is 2.44 bits per heavy atom. The van der Waals surface area contributed by atoms with Gasteiger partial charge in [0, 0.05) is 10.9 Å². The number of rotatable bonds is 4. The molecule has 0 spiro atoms. The van der Waals surface area contributed by atoms with Crippen LogP contribution in [0, 0.1) is 0 Å². The summed E-state index contributed by atoms with van der Waals surface area (Å²) < 4.78 is 11.3. The number of furan rings is 1. The molecule has 1 unspecified atom stereocenters. The highest BCUT2D eigenvalue weighted by Crippen LogP contribution is 2.34. The Hall–Kier alpha value is -4.39. The molecule has 1 aliphatic heterocycles. The van der Waals surface area contributed by atoms with Crippen LogP contribution in [0.5, 0.6) is 0 Å². The molecule has 0 fully saturated rings. The quantitative estimate of drug-likeness (QED) is 0.504. The third-order valence-electron chi connectivity index (χ3n) is 5.08. The highest BCUT2D eigenvalue weighted by atomic mass is 16.5. The molecule has 5 rings (SSSR count). The van der Waals surface area contributed by atoms with Crippen LogP contribution in [0.1, 0.15) is 16.9 Å². The predicted molar refractivity (Wildman–Crippen MR) is 120 cm³/mol. The molecule has 0 radical (unpaired) electrons. The van der Waals surface area contributed by atoms with Crippen molar-refractivity contribution in [2.45, 2.75) is 12.8 Å². The van der Waals surface area contributed by atoms with Gasteiger partial charge in [-0.1, -0.05) is 72.8 Å². The molecule has 0 saturated heterocycles. The van der Waals surface area contributed by atoms with Gasteiger partial charge in [-0.3, -0.25) is 10.1 Å². The van der Waals surface area contributed by atoms with Gasteiger partial charge in [0.25, 0.3) is 5.91 Å². The number of anilines is 1. The number of hydrogen-bond acceptors (Lipinski definition) is 5. The van der Waals surface area contributed by atoms with Gasteiger partial charge in [-0.25, -0.2) is 9.79 Å². The number of benzene rings is 3. The summed E-state index contributed by atoms with van der Waals surface area (Å²) in [7, 11) is 0. The first-order valence-electron chi connectivity index (χ1n) is 10.1. The maximum absolute atomic E-state index is 13.0. The number of alkyl carbamates (subject to hydrolysis) is 1. The van der Waals surface area contributed by atoms with Crippen LogP contribution in [0.3, 0.4) is 0 Å². The van der Waals surface area contributed by atoms with Crippen molar-refractivity contribution in [3.63, 3.8) is 0 Å². The smallest absolute Gasteiger partial charge is 0.409 e. The molecule has 2 N–H and O–H groups in total. The molecule has 0 aliphatic carbocycles. The first-order chi connectivity index (χ1) is 15.7. The first-order valence-corrected chi connectivity index (χ1v) is 10.1. The van der Waals surface area contributed by atoms with Gasteiger partial charge in [-0.15, -0.1) is 0 Å². The summed E-state index contributed by atoms with van der Waals surface area (Å²) in [5.41, 5.74) is 3.22. The number of hydrogen-bond donors (Lipinski definition) is 2. The van der Waals surface area contributed by atoms with Crippen LogP contribution in [0.25, 0.3) is 11.0 Å². The lowest BCUT2D eigenvalue weighted by atomic mass is 10.1. The summed E-state index contributed by atoms with van der Waals surface area (Å²) >= 11 is 0. The maximum Gasteiger partial charge on any atom is 0.409 e. The van der Waals surface area contributed by atoms with Crippen LogP contribution in [-0.4, -0.2) is 23.9 Å². The fraction of sp³-hybridized carbons (Fsp3) is 0.0800. The molecule has 3 aromatic carbocycles. The van der Waals surface area contributed by atoms with E-state index in [2.05, 4.69) is 15.6 Å². The number of para-hydroxylation sites is 1. The fourth-order valence-corrected chi connectivity index (χ4v) is 3.55. The molecule has 0 saturated carbocycles. The zero-order valence-electron chi connectivity index (χ0n) is 16.9. The number of carbonyl (C=O) groups is 2. The fourth-order valence-electron chi connectivity index (χ4n) is 3.55. The van der Waals surface area contributed by atoms with Crippen molar-refractivity contribution >= 4 is 34.4 Å². The number of amides is 2. The van der Waals surface area contributed by atoms with E-state index in [1.165, 1.54) is 0 Å². The van der Waals surface area contributed by atoms with Gasteiger partial charge in [-0.2, -0.15) is 0 Å². The maximum atomic E-state index is 13.0. The molecule has 7 heteroatoms. The molecule has 1 atom stereocenters. The topological polar surface area (TPSA) is 92.9 Å². The van der Waals surface area contributed by atoms with Gasteiger partial charge in [0.2, 0.25) is 6.17 Å². The minimum atomic E-state index is -1.19. The van der Waals surface area contributed by atoms with Crippen LogP contribution in [-0.2, 0) is 16.1 Å². The second-order valence-electron chi connectivity index (χ2n) is 7.24. The van der Waals surface area contributed by atoms with E-state index < -0.39 is 18.2 Å². The summed E-state index contributed by atoms with van der Waals surface area (Å²) in [6.45, 7) is 0.0848. The molecule has 2 heterocycles. The van der Waals surface area contributed by atoms with E-state index in [1.807, 2.05) is 84.9 Å². The van der Waals surface area contributed by atoms with Crippen LogP contribution in [0.15, 0.2) is 94.3 Å². The number of nitrogens with one attached hydrogen (secondary N) is 2. The van der Waals surface area contributed by atoms with E-state index >= 15 is 0 Å². The molecular formula is C25H19N3O4. The Kier molecular flexibility index (Phi) is 5.13. The van der Waals surface area contributed by atoms with Gasteiger partial charge < -0.3 is 14.5 Å². The van der Waals surface area contributed by atoms with E-state index in [1.54, 1.807) is 0 Å². The Bertz CT molecular complexity index is 1310. The minimum absolute atomic E-state index is 0.0848.